The normalized spacial score (nSPS) is 32.1. The monoisotopic (exact) mass is 228 g/mol. The largest absolute Gasteiger partial charge is 0.468 e. The highest BCUT2D eigenvalue weighted by molar-refractivity contribution is 5.76. The number of carbonyl (C=O) groups is 1. The van der Waals surface area contributed by atoms with Crippen molar-refractivity contribution in [2.45, 2.75) is 37.5 Å². The van der Waals surface area contributed by atoms with E-state index in [1.807, 2.05) is 0 Å². The topological polar surface area (TPSA) is 64.8 Å². The van der Waals surface area contributed by atoms with Gasteiger partial charge >= 0.3 is 5.97 Å². The van der Waals surface area contributed by atoms with Gasteiger partial charge < -0.3 is 15.2 Å². The van der Waals surface area contributed by atoms with E-state index in [-0.39, 0.29) is 18.1 Å². The Bertz CT molecular complexity index is 260. The average Bonchev–Trinajstić information content (AvgIpc) is 2.78. The number of methoxy groups -OCH3 is 1. The molecule has 2 rings (SSSR count). The summed E-state index contributed by atoms with van der Waals surface area (Å²) >= 11 is 0. The van der Waals surface area contributed by atoms with Gasteiger partial charge in [-0.1, -0.05) is 0 Å². The maximum atomic E-state index is 11.6. The third kappa shape index (κ3) is 2.07. The fourth-order valence-corrected chi connectivity index (χ4v) is 2.85. The van der Waals surface area contributed by atoms with Crippen molar-refractivity contribution >= 4 is 5.97 Å². The van der Waals surface area contributed by atoms with Crippen molar-refractivity contribution in [1.29, 1.82) is 0 Å². The molecule has 2 N–H and O–H groups in total. The van der Waals surface area contributed by atoms with E-state index in [1.54, 1.807) is 0 Å². The fourth-order valence-electron chi connectivity index (χ4n) is 2.85. The molecule has 0 spiro atoms. The lowest BCUT2D eigenvalue weighted by molar-refractivity contribution is -0.152. The van der Waals surface area contributed by atoms with Gasteiger partial charge in [0.1, 0.15) is 6.04 Å². The zero-order valence-corrected chi connectivity index (χ0v) is 9.72. The van der Waals surface area contributed by atoms with Crippen LogP contribution in [0.25, 0.3) is 0 Å². The van der Waals surface area contributed by atoms with E-state index in [0.717, 1.165) is 19.4 Å². The molecule has 92 valence electrons. The zero-order valence-electron chi connectivity index (χ0n) is 9.72. The fraction of sp³-hybridized carbons (Fsp3) is 0.909. The first-order chi connectivity index (χ1) is 7.77. The second kappa shape index (κ2) is 5.12. The van der Waals surface area contributed by atoms with Crippen LogP contribution in [0.15, 0.2) is 0 Å². The molecule has 0 radical (unpaired) electrons. The molecule has 16 heavy (non-hydrogen) atoms. The molecule has 5 heteroatoms. The standard InChI is InChI=1S/C11H20N2O3/c1-15-11(14)9(7-12)13-5-6-16-10-4-2-3-8(10)13/h8-10H,2-7,12H2,1H3. The molecule has 3 atom stereocenters. The minimum Gasteiger partial charge on any atom is -0.468 e. The molecular formula is C11H20N2O3. The molecule has 0 aromatic carbocycles. The quantitative estimate of drug-likeness (QED) is 0.674. The number of ether oxygens (including phenoxy) is 2. The van der Waals surface area contributed by atoms with E-state index in [9.17, 15) is 4.79 Å². The van der Waals surface area contributed by atoms with Crippen molar-refractivity contribution in [1.82, 2.24) is 4.90 Å². The summed E-state index contributed by atoms with van der Waals surface area (Å²) in [5.41, 5.74) is 5.68. The molecule has 1 heterocycles. The predicted octanol–water partition coefficient (Wildman–Crippen LogP) is -0.260. The Balaban J connectivity index is 2.08. The van der Waals surface area contributed by atoms with Crippen LogP contribution in [0.5, 0.6) is 0 Å². The lowest BCUT2D eigenvalue weighted by atomic mass is 10.1. The highest BCUT2D eigenvalue weighted by Gasteiger charge is 2.41. The van der Waals surface area contributed by atoms with Crippen LogP contribution in [0.2, 0.25) is 0 Å². The number of rotatable bonds is 3. The maximum Gasteiger partial charge on any atom is 0.324 e. The van der Waals surface area contributed by atoms with Crippen LogP contribution in [0, 0.1) is 0 Å². The summed E-state index contributed by atoms with van der Waals surface area (Å²) in [6.07, 6.45) is 3.65. The van der Waals surface area contributed by atoms with E-state index in [4.69, 9.17) is 15.2 Å². The first-order valence-corrected chi connectivity index (χ1v) is 5.93. The number of morpholine rings is 1. The number of nitrogens with two attached hydrogens (primary N) is 1. The van der Waals surface area contributed by atoms with E-state index in [1.165, 1.54) is 13.5 Å². The average molecular weight is 228 g/mol. The summed E-state index contributed by atoms with van der Waals surface area (Å²) in [4.78, 5) is 13.8. The van der Waals surface area contributed by atoms with Gasteiger partial charge in [0.25, 0.3) is 0 Å². The third-order valence-corrected chi connectivity index (χ3v) is 3.62. The number of hydrogen-bond acceptors (Lipinski definition) is 5. The molecule has 0 aromatic heterocycles. The second-order valence-electron chi connectivity index (χ2n) is 4.42. The Morgan fingerprint density at radius 2 is 2.44 bits per heavy atom. The summed E-state index contributed by atoms with van der Waals surface area (Å²) in [6.45, 7) is 1.78. The van der Waals surface area contributed by atoms with E-state index in [0.29, 0.717) is 19.2 Å². The summed E-state index contributed by atoms with van der Waals surface area (Å²) < 4.78 is 10.5. The van der Waals surface area contributed by atoms with Gasteiger partial charge in [-0.2, -0.15) is 0 Å². The van der Waals surface area contributed by atoms with Gasteiger partial charge in [0.15, 0.2) is 0 Å². The molecule has 2 fully saturated rings. The van der Waals surface area contributed by atoms with Crippen LogP contribution < -0.4 is 5.73 Å². The van der Waals surface area contributed by atoms with Crippen LogP contribution in [0.4, 0.5) is 0 Å². The van der Waals surface area contributed by atoms with Crippen molar-refractivity contribution in [2.24, 2.45) is 5.73 Å². The van der Waals surface area contributed by atoms with Gasteiger partial charge in [-0.25, -0.2) is 0 Å². The molecule has 1 aliphatic carbocycles. The molecule has 5 nitrogen and oxygen atoms in total. The molecule has 0 aromatic rings. The van der Waals surface area contributed by atoms with Crippen LogP contribution >= 0.6 is 0 Å². The van der Waals surface area contributed by atoms with Gasteiger partial charge in [-0.15, -0.1) is 0 Å². The Labute approximate surface area is 95.9 Å². The summed E-state index contributed by atoms with van der Waals surface area (Å²) in [6, 6.07) is 0.0425. The second-order valence-corrected chi connectivity index (χ2v) is 4.42. The van der Waals surface area contributed by atoms with Crippen LogP contribution in [0.3, 0.4) is 0 Å². The zero-order chi connectivity index (χ0) is 11.5. The summed E-state index contributed by atoms with van der Waals surface area (Å²) in [5.74, 6) is -0.227. The smallest absolute Gasteiger partial charge is 0.324 e. The number of hydrogen-bond donors (Lipinski definition) is 1. The van der Waals surface area contributed by atoms with Crippen molar-refractivity contribution < 1.29 is 14.3 Å². The molecule has 1 saturated carbocycles. The number of esters is 1. The van der Waals surface area contributed by atoms with Crippen molar-refractivity contribution in [3.63, 3.8) is 0 Å². The summed E-state index contributed by atoms with van der Waals surface area (Å²) in [5, 5.41) is 0. The van der Waals surface area contributed by atoms with Gasteiger partial charge in [-0.3, -0.25) is 9.69 Å². The minimum absolute atomic E-state index is 0.227. The summed E-state index contributed by atoms with van der Waals surface area (Å²) in [7, 11) is 1.41. The molecule has 3 unspecified atom stereocenters. The molecule has 2 aliphatic rings. The van der Waals surface area contributed by atoms with Gasteiger partial charge in [0.05, 0.1) is 19.8 Å². The molecule has 1 aliphatic heterocycles. The highest BCUT2D eigenvalue weighted by atomic mass is 16.5. The van der Waals surface area contributed by atoms with Crippen molar-refractivity contribution in [3.05, 3.63) is 0 Å². The molecular weight excluding hydrogens is 208 g/mol. The van der Waals surface area contributed by atoms with Gasteiger partial charge in [0.2, 0.25) is 0 Å². The lowest BCUT2D eigenvalue weighted by Gasteiger charge is -2.40. The van der Waals surface area contributed by atoms with Crippen LogP contribution in [0.1, 0.15) is 19.3 Å². The third-order valence-electron chi connectivity index (χ3n) is 3.62. The van der Waals surface area contributed by atoms with E-state index < -0.39 is 0 Å². The van der Waals surface area contributed by atoms with E-state index in [2.05, 4.69) is 4.90 Å². The molecule has 0 amide bonds. The van der Waals surface area contributed by atoms with Crippen LogP contribution in [-0.4, -0.2) is 55.9 Å². The number of carbonyl (C=O) groups excluding carboxylic acids is 1. The lowest BCUT2D eigenvalue weighted by Crippen LogP contribution is -2.57. The van der Waals surface area contributed by atoms with Gasteiger partial charge in [-0.05, 0) is 19.3 Å². The maximum absolute atomic E-state index is 11.6. The molecule has 0 bridgehead atoms. The van der Waals surface area contributed by atoms with Crippen LogP contribution in [-0.2, 0) is 14.3 Å². The Hall–Kier alpha value is -0.650. The first kappa shape index (κ1) is 11.8. The Morgan fingerprint density at radius 3 is 3.12 bits per heavy atom. The minimum atomic E-state index is -0.306. The van der Waals surface area contributed by atoms with Crippen molar-refractivity contribution in [3.8, 4) is 0 Å². The number of fused-ring (bicyclic) bond motifs is 1. The number of nitrogens with zero attached hydrogens (tertiary/aromatic N) is 1. The predicted molar refractivity (Wildman–Crippen MR) is 58.9 cm³/mol. The van der Waals surface area contributed by atoms with E-state index >= 15 is 0 Å². The Kier molecular flexibility index (Phi) is 3.78. The van der Waals surface area contributed by atoms with Gasteiger partial charge in [0, 0.05) is 19.1 Å². The SMILES string of the molecule is COC(=O)C(CN)N1CCOC2CCCC21. The molecule has 1 saturated heterocycles. The first-order valence-electron chi connectivity index (χ1n) is 5.93. The highest BCUT2D eigenvalue weighted by Crippen LogP contribution is 2.30. The Morgan fingerprint density at radius 1 is 1.62 bits per heavy atom. The van der Waals surface area contributed by atoms with Crippen molar-refractivity contribution in [2.75, 3.05) is 26.8 Å².